The normalized spacial score (nSPS) is 10.9. The Morgan fingerprint density at radius 3 is 2.73 bits per heavy atom. The van der Waals surface area contributed by atoms with Gasteiger partial charge in [-0.05, 0) is 36.8 Å². The fourth-order valence-electron chi connectivity index (χ4n) is 3.18. The van der Waals surface area contributed by atoms with Crippen LogP contribution in [0.15, 0.2) is 58.0 Å². The number of halogens is 2. The number of nitrogens with one attached hydrogen (secondary N) is 1. The molecule has 0 radical (unpaired) electrons. The van der Waals surface area contributed by atoms with Crippen LogP contribution in [0.3, 0.4) is 0 Å². The third kappa shape index (κ3) is 4.96. The van der Waals surface area contributed by atoms with Gasteiger partial charge in [0.15, 0.2) is 11.6 Å². The fraction of sp³-hybridized carbons (Fsp3) is 0.182. The molecule has 0 saturated heterocycles. The van der Waals surface area contributed by atoms with Crippen LogP contribution < -0.4 is 15.8 Å². The number of amides is 1. The van der Waals surface area contributed by atoms with Crippen LogP contribution >= 0.6 is 11.6 Å². The molecule has 170 valence electrons. The fourth-order valence-corrected chi connectivity index (χ4v) is 3.30. The number of rotatable bonds is 7. The predicted molar refractivity (Wildman–Crippen MR) is 119 cm³/mol. The van der Waals surface area contributed by atoms with Gasteiger partial charge in [-0.3, -0.25) is 4.79 Å². The molecule has 1 N–H and O–H groups in total. The molecule has 4 aromatic rings. The minimum absolute atomic E-state index is 0.00334. The highest BCUT2D eigenvalue weighted by atomic mass is 35.5. The van der Waals surface area contributed by atoms with Crippen LogP contribution in [-0.4, -0.2) is 32.3 Å². The summed E-state index contributed by atoms with van der Waals surface area (Å²) in [6, 6.07) is 11.3. The third-order valence-corrected chi connectivity index (χ3v) is 5.15. The average Bonchev–Trinajstić information content (AvgIpc) is 3.33. The smallest absolute Gasteiger partial charge is 0.437 e. The third-order valence-electron chi connectivity index (χ3n) is 4.90. The van der Waals surface area contributed by atoms with Crippen LogP contribution in [0.25, 0.3) is 11.6 Å². The van der Waals surface area contributed by atoms with Gasteiger partial charge in [0.25, 0.3) is 5.89 Å². The molecule has 11 heteroatoms. The minimum Gasteiger partial charge on any atom is -0.494 e. The molecule has 0 fully saturated rings. The number of methoxy groups -OCH3 is 1. The van der Waals surface area contributed by atoms with E-state index in [9.17, 15) is 14.0 Å². The van der Waals surface area contributed by atoms with Gasteiger partial charge in [-0.15, -0.1) is 5.10 Å². The number of ether oxygens (including phenoxy) is 1. The summed E-state index contributed by atoms with van der Waals surface area (Å²) in [5.41, 5.74) is 2.46. The first kappa shape index (κ1) is 22.3. The van der Waals surface area contributed by atoms with Crippen molar-refractivity contribution in [2.75, 3.05) is 12.4 Å². The van der Waals surface area contributed by atoms with E-state index in [0.717, 1.165) is 22.0 Å². The number of hydrogen-bond acceptors (Lipinski definition) is 6. The van der Waals surface area contributed by atoms with E-state index in [-0.39, 0.29) is 11.6 Å². The zero-order valence-corrected chi connectivity index (χ0v) is 18.5. The molecule has 2 aromatic heterocycles. The lowest BCUT2D eigenvalue weighted by molar-refractivity contribution is -0.117. The summed E-state index contributed by atoms with van der Waals surface area (Å²) in [6.07, 6.45) is 1.62. The predicted octanol–water partition coefficient (Wildman–Crippen LogP) is 3.50. The largest absolute Gasteiger partial charge is 0.494 e. The van der Waals surface area contributed by atoms with Crippen LogP contribution in [-0.2, 0) is 17.9 Å². The number of imidazole rings is 1. The van der Waals surface area contributed by atoms with Crippen LogP contribution in [0.2, 0.25) is 5.02 Å². The summed E-state index contributed by atoms with van der Waals surface area (Å²) in [7, 11) is 1.32. The molecule has 0 saturated carbocycles. The molecule has 9 nitrogen and oxygen atoms in total. The van der Waals surface area contributed by atoms with Crippen molar-refractivity contribution in [2.24, 2.45) is 0 Å². The first-order chi connectivity index (χ1) is 15.8. The molecule has 0 unspecified atom stereocenters. The van der Waals surface area contributed by atoms with Crippen molar-refractivity contribution in [3.8, 4) is 17.3 Å². The monoisotopic (exact) mass is 471 g/mol. The van der Waals surface area contributed by atoms with Gasteiger partial charge in [-0.25, -0.2) is 14.2 Å². The van der Waals surface area contributed by atoms with E-state index in [4.69, 9.17) is 20.8 Å². The number of nitrogens with zero attached hydrogens (tertiary/aromatic N) is 4. The molecule has 0 aliphatic heterocycles. The highest BCUT2D eigenvalue weighted by Gasteiger charge is 2.19. The van der Waals surface area contributed by atoms with Gasteiger partial charge in [0.2, 0.25) is 5.91 Å². The van der Waals surface area contributed by atoms with Crippen molar-refractivity contribution in [3.05, 3.63) is 81.4 Å². The minimum atomic E-state index is -0.802. The Bertz CT molecular complexity index is 1360. The van der Waals surface area contributed by atoms with Crippen molar-refractivity contribution in [1.82, 2.24) is 19.3 Å². The molecule has 1 amide bonds. The summed E-state index contributed by atoms with van der Waals surface area (Å²) in [4.78, 5) is 28.9. The number of carbonyl (C=O) groups excluding carboxylic acids is 1. The molecule has 2 aromatic carbocycles. The van der Waals surface area contributed by atoms with E-state index in [1.165, 1.54) is 19.2 Å². The van der Waals surface area contributed by atoms with Crippen LogP contribution in [0.5, 0.6) is 5.75 Å². The van der Waals surface area contributed by atoms with Crippen LogP contribution in [0, 0.1) is 12.7 Å². The van der Waals surface area contributed by atoms with Crippen molar-refractivity contribution in [2.45, 2.75) is 20.0 Å². The Morgan fingerprint density at radius 1 is 1.24 bits per heavy atom. The molecule has 0 spiro atoms. The Morgan fingerprint density at radius 2 is 2.00 bits per heavy atom. The van der Waals surface area contributed by atoms with E-state index in [2.05, 4.69) is 15.4 Å². The van der Waals surface area contributed by atoms with Crippen molar-refractivity contribution in [1.29, 1.82) is 0 Å². The number of carbonyl (C=O) groups is 1. The number of anilines is 1. The summed E-state index contributed by atoms with van der Waals surface area (Å²) in [5.74, 6) is -1.92. The van der Waals surface area contributed by atoms with Gasteiger partial charge in [0.1, 0.15) is 12.2 Å². The molecule has 0 aliphatic rings. The van der Waals surface area contributed by atoms with Gasteiger partial charge < -0.3 is 19.0 Å². The standard InChI is InChI=1S/C22H19ClFN5O4/c1-13-20(25-12-28(13)10-14-3-5-15(23)6-4-14)21-27-29(22(31)33-21)11-19(30)26-16-7-8-17(24)18(9-16)32-2/h3-9,12H,10-11H2,1-2H3,(H,26,30). The Balaban J connectivity index is 1.48. The van der Waals surface area contributed by atoms with Crippen LogP contribution in [0.1, 0.15) is 11.3 Å². The molecule has 0 aliphatic carbocycles. The number of benzene rings is 2. The van der Waals surface area contributed by atoms with E-state index < -0.39 is 24.0 Å². The first-order valence-corrected chi connectivity index (χ1v) is 10.2. The van der Waals surface area contributed by atoms with Gasteiger partial charge in [-0.1, -0.05) is 23.7 Å². The summed E-state index contributed by atoms with van der Waals surface area (Å²) < 4.78 is 26.4. The second kappa shape index (κ2) is 9.29. The first-order valence-electron chi connectivity index (χ1n) is 9.82. The maximum absolute atomic E-state index is 13.5. The maximum atomic E-state index is 13.5. The quantitative estimate of drug-likeness (QED) is 0.442. The molecule has 33 heavy (non-hydrogen) atoms. The summed E-state index contributed by atoms with van der Waals surface area (Å²) in [6.45, 7) is 1.98. The second-order valence-corrected chi connectivity index (χ2v) is 7.60. The second-order valence-electron chi connectivity index (χ2n) is 7.16. The molecule has 0 atom stereocenters. The lowest BCUT2D eigenvalue weighted by Crippen LogP contribution is -2.25. The number of hydrogen-bond donors (Lipinski definition) is 1. The van der Waals surface area contributed by atoms with E-state index in [1.807, 2.05) is 23.6 Å². The topological polar surface area (TPSA) is 104 Å². The van der Waals surface area contributed by atoms with Crippen LogP contribution in [0.4, 0.5) is 10.1 Å². The lowest BCUT2D eigenvalue weighted by atomic mass is 10.2. The Labute approximate surface area is 192 Å². The Hall–Kier alpha value is -3.92. The van der Waals surface area contributed by atoms with Gasteiger partial charge in [0.05, 0.1) is 13.4 Å². The molecular weight excluding hydrogens is 453 g/mol. The molecule has 4 rings (SSSR count). The molecule has 2 heterocycles. The van der Waals surface area contributed by atoms with E-state index in [1.54, 1.807) is 18.5 Å². The van der Waals surface area contributed by atoms with Gasteiger partial charge in [-0.2, -0.15) is 4.68 Å². The summed E-state index contributed by atoms with van der Waals surface area (Å²) in [5, 5.41) is 7.31. The average molecular weight is 472 g/mol. The van der Waals surface area contributed by atoms with Crippen molar-refractivity contribution >= 4 is 23.2 Å². The Kier molecular flexibility index (Phi) is 6.27. The molecule has 0 bridgehead atoms. The summed E-state index contributed by atoms with van der Waals surface area (Å²) >= 11 is 5.93. The van der Waals surface area contributed by atoms with Gasteiger partial charge in [0, 0.05) is 29.0 Å². The zero-order valence-electron chi connectivity index (χ0n) is 17.7. The SMILES string of the molecule is COc1cc(NC(=O)Cn2nc(-c3ncn(Cc4ccc(Cl)cc4)c3C)oc2=O)ccc1F. The lowest BCUT2D eigenvalue weighted by Gasteiger charge is -2.07. The number of aromatic nitrogens is 4. The molecular formula is C22H19ClFN5O4. The van der Waals surface area contributed by atoms with Crippen molar-refractivity contribution < 1.29 is 18.3 Å². The van der Waals surface area contributed by atoms with Gasteiger partial charge >= 0.3 is 5.76 Å². The highest BCUT2D eigenvalue weighted by Crippen LogP contribution is 2.22. The highest BCUT2D eigenvalue weighted by molar-refractivity contribution is 6.30. The zero-order chi connectivity index (χ0) is 23.5. The van der Waals surface area contributed by atoms with E-state index >= 15 is 0 Å². The van der Waals surface area contributed by atoms with Crippen molar-refractivity contribution in [3.63, 3.8) is 0 Å². The maximum Gasteiger partial charge on any atom is 0.437 e. The van der Waals surface area contributed by atoms with E-state index in [0.29, 0.717) is 22.9 Å².